The third-order valence-electron chi connectivity index (χ3n) is 9.90. The maximum atomic E-state index is 12.7. The lowest BCUT2D eigenvalue weighted by atomic mass is 9.47. The number of ether oxygens (including phenoxy) is 1. The molecule has 0 aromatic carbocycles. The Bertz CT molecular complexity index is 1020. The molecule has 6 heteroatoms. The maximum Gasteiger partial charge on any atom is 0.306 e. The van der Waals surface area contributed by atoms with Gasteiger partial charge >= 0.3 is 5.97 Å². The molecular weight excluding hydrogens is 440 g/mol. The van der Waals surface area contributed by atoms with E-state index in [0.29, 0.717) is 36.5 Å². The summed E-state index contributed by atoms with van der Waals surface area (Å²) in [5.41, 5.74) is 2.36. The summed E-state index contributed by atoms with van der Waals surface area (Å²) in [5, 5.41) is 2.83. The molecule has 1 aromatic heterocycles. The smallest absolute Gasteiger partial charge is 0.306 e. The fraction of sp³-hybridized carbons (Fsp3) is 0.655. The Labute approximate surface area is 208 Å². The number of carbonyl (C=O) groups excluding carboxylic acids is 3. The second-order valence-corrected chi connectivity index (χ2v) is 11.7. The standard InChI is InChI=1S/C29H38N2O4/c1-28-14-12-21(32)17-19(28)6-7-22-23-8-9-25(29(23,2)15-13-24(22)28)35-27(34)11-10-26(33)31-18-20-5-3-4-16-30-20/h3-5,16-17,22-25H,6-15,18H2,1-2H3,(H,31,33)/t22-,23-,24+,25+,28-,29-/m0/s1. The van der Waals surface area contributed by atoms with Crippen LogP contribution in [-0.2, 0) is 25.7 Å². The molecule has 0 spiro atoms. The number of nitrogens with zero attached hydrogens (tertiary/aromatic N) is 1. The van der Waals surface area contributed by atoms with E-state index in [1.165, 1.54) is 5.57 Å². The van der Waals surface area contributed by atoms with Crippen molar-refractivity contribution in [3.8, 4) is 0 Å². The summed E-state index contributed by atoms with van der Waals surface area (Å²) in [4.78, 5) is 41.1. The van der Waals surface area contributed by atoms with Crippen LogP contribution in [0.25, 0.3) is 0 Å². The normalized spacial score (nSPS) is 35.8. The summed E-state index contributed by atoms with van der Waals surface area (Å²) >= 11 is 0. The van der Waals surface area contributed by atoms with Crippen LogP contribution in [0.3, 0.4) is 0 Å². The number of hydrogen-bond donors (Lipinski definition) is 1. The first-order valence-corrected chi connectivity index (χ1v) is 13.4. The third kappa shape index (κ3) is 4.56. The summed E-state index contributed by atoms with van der Waals surface area (Å²) < 4.78 is 6.04. The summed E-state index contributed by atoms with van der Waals surface area (Å²) in [6.45, 7) is 5.09. The zero-order valence-electron chi connectivity index (χ0n) is 21.1. The van der Waals surface area contributed by atoms with E-state index in [4.69, 9.17) is 4.74 Å². The van der Waals surface area contributed by atoms with Crippen molar-refractivity contribution in [2.45, 2.75) is 90.7 Å². The van der Waals surface area contributed by atoms with Crippen LogP contribution >= 0.6 is 0 Å². The van der Waals surface area contributed by atoms with Crippen LogP contribution < -0.4 is 5.32 Å². The molecule has 0 radical (unpaired) electrons. The Balaban J connectivity index is 1.16. The van der Waals surface area contributed by atoms with Crippen LogP contribution in [0.15, 0.2) is 36.0 Å². The van der Waals surface area contributed by atoms with E-state index >= 15 is 0 Å². The minimum atomic E-state index is -0.265. The molecule has 4 aliphatic rings. The highest BCUT2D eigenvalue weighted by molar-refractivity contribution is 5.91. The van der Waals surface area contributed by atoms with E-state index in [0.717, 1.165) is 50.6 Å². The molecule has 188 valence electrons. The van der Waals surface area contributed by atoms with E-state index in [9.17, 15) is 14.4 Å². The number of amides is 1. The fourth-order valence-corrected chi connectivity index (χ4v) is 7.92. The fourth-order valence-electron chi connectivity index (χ4n) is 7.92. The number of esters is 1. The lowest BCUT2D eigenvalue weighted by molar-refractivity contribution is -0.160. The molecule has 1 aromatic rings. The van der Waals surface area contributed by atoms with Crippen molar-refractivity contribution in [3.63, 3.8) is 0 Å². The largest absolute Gasteiger partial charge is 0.462 e. The molecule has 1 N–H and O–H groups in total. The molecular formula is C29H38N2O4. The van der Waals surface area contributed by atoms with Gasteiger partial charge in [0.15, 0.2) is 5.78 Å². The zero-order valence-corrected chi connectivity index (χ0v) is 21.1. The number of allylic oxidation sites excluding steroid dienone is 1. The Morgan fingerprint density at radius 2 is 1.91 bits per heavy atom. The Hall–Kier alpha value is -2.50. The van der Waals surface area contributed by atoms with Gasteiger partial charge in [0.1, 0.15) is 6.10 Å². The second-order valence-electron chi connectivity index (χ2n) is 11.7. The molecule has 0 saturated heterocycles. The summed E-state index contributed by atoms with van der Waals surface area (Å²) in [5.74, 6) is 1.72. The number of fused-ring (bicyclic) bond motifs is 5. The number of nitrogens with one attached hydrogen (secondary N) is 1. The predicted molar refractivity (Wildman–Crippen MR) is 132 cm³/mol. The van der Waals surface area contributed by atoms with E-state index in [1.54, 1.807) is 6.20 Å². The molecule has 1 heterocycles. The predicted octanol–water partition coefficient (Wildman–Crippen LogP) is 4.92. The molecule has 3 saturated carbocycles. The lowest BCUT2D eigenvalue weighted by Gasteiger charge is -2.57. The van der Waals surface area contributed by atoms with Gasteiger partial charge in [-0.25, -0.2) is 0 Å². The molecule has 4 aliphatic carbocycles. The van der Waals surface area contributed by atoms with Crippen LogP contribution in [-0.4, -0.2) is 28.7 Å². The van der Waals surface area contributed by atoms with Crippen LogP contribution in [0.4, 0.5) is 0 Å². The maximum absolute atomic E-state index is 12.7. The van der Waals surface area contributed by atoms with Crippen molar-refractivity contribution in [1.82, 2.24) is 10.3 Å². The Morgan fingerprint density at radius 1 is 1.06 bits per heavy atom. The molecule has 3 fully saturated rings. The van der Waals surface area contributed by atoms with Crippen molar-refractivity contribution < 1.29 is 19.1 Å². The molecule has 5 rings (SSSR count). The molecule has 0 aliphatic heterocycles. The van der Waals surface area contributed by atoms with E-state index in [2.05, 4.69) is 24.1 Å². The number of pyridine rings is 1. The van der Waals surface area contributed by atoms with Gasteiger partial charge in [-0.3, -0.25) is 19.4 Å². The molecule has 35 heavy (non-hydrogen) atoms. The number of carbonyl (C=O) groups is 3. The van der Waals surface area contributed by atoms with Crippen molar-refractivity contribution in [1.29, 1.82) is 0 Å². The Kier molecular flexibility index (Phi) is 6.58. The first kappa shape index (κ1) is 24.2. The van der Waals surface area contributed by atoms with Crippen LogP contribution in [0.2, 0.25) is 0 Å². The second kappa shape index (κ2) is 9.51. The SMILES string of the molecule is C[C@]12CC[C@@H]3[C@@H](CCC4=CC(=O)CC[C@@]43C)[C@@H]1CC[C@H]2OC(=O)CCC(=O)NCc1ccccn1. The monoisotopic (exact) mass is 478 g/mol. The quantitative estimate of drug-likeness (QED) is 0.587. The van der Waals surface area contributed by atoms with E-state index in [1.807, 2.05) is 24.3 Å². The van der Waals surface area contributed by atoms with Crippen molar-refractivity contribution in [2.75, 3.05) is 0 Å². The van der Waals surface area contributed by atoms with E-state index in [-0.39, 0.29) is 41.7 Å². The van der Waals surface area contributed by atoms with Crippen molar-refractivity contribution >= 4 is 17.7 Å². The summed E-state index contributed by atoms with van der Waals surface area (Å²) in [6.07, 6.45) is 11.9. The zero-order chi connectivity index (χ0) is 24.6. The van der Waals surface area contributed by atoms with Gasteiger partial charge in [0.2, 0.25) is 5.91 Å². The van der Waals surface area contributed by atoms with Gasteiger partial charge in [0.05, 0.1) is 18.7 Å². The van der Waals surface area contributed by atoms with Gasteiger partial charge < -0.3 is 10.1 Å². The molecule has 0 bridgehead atoms. The average Bonchev–Trinajstić information content (AvgIpc) is 3.18. The van der Waals surface area contributed by atoms with Gasteiger partial charge in [-0.2, -0.15) is 0 Å². The summed E-state index contributed by atoms with van der Waals surface area (Å²) in [7, 11) is 0. The highest BCUT2D eigenvalue weighted by Crippen LogP contribution is 2.65. The first-order chi connectivity index (χ1) is 16.8. The van der Waals surface area contributed by atoms with Crippen molar-refractivity contribution in [3.05, 3.63) is 41.7 Å². The topological polar surface area (TPSA) is 85.4 Å². The summed E-state index contributed by atoms with van der Waals surface area (Å²) in [6, 6.07) is 5.58. The minimum Gasteiger partial charge on any atom is -0.462 e. The minimum absolute atomic E-state index is 0.0140. The molecule has 0 unspecified atom stereocenters. The number of rotatable bonds is 6. The van der Waals surface area contributed by atoms with Crippen LogP contribution in [0.5, 0.6) is 0 Å². The first-order valence-electron chi connectivity index (χ1n) is 13.4. The third-order valence-corrected chi connectivity index (χ3v) is 9.90. The number of aromatic nitrogens is 1. The van der Waals surface area contributed by atoms with Crippen LogP contribution in [0, 0.1) is 28.6 Å². The van der Waals surface area contributed by atoms with Gasteiger partial charge in [-0.15, -0.1) is 0 Å². The van der Waals surface area contributed by atoms with Gasteiger partial charge in [0, 0.05) is 24.5 Å². The highest BCUT2D eigenvalue weighted by atomic mass is 16.5. The average molecular weight is 479 g/mol. The van der Waals surface area contributed by atoms with Gasteiger partial charge in [-0.1, -0.05) is 25.5 Å². The van der Waals surface area contributed by atoms with Gasteiger partial charge in [0.25, 0.3) is 0 Å². The number of ketones is 1. The number of hydrogen-bond acceptors (Lipinski definition) is 5. The Morgan fingerprint density at radius 3 is 2.71 bits per heavy atom. The lowest BCUT2D eigenvalue weighted by Crippen LogP contribution is -2.51. The molecule has 1 amide bonds. The highest BCUT2D eigenvalue weighted by Gasteiger charge is 2.59. The van der Waals surface area contributed by atoms with E-state index < -0.39 is 0 Å². The van der Waals surface area contributed by atoms with Crippen molar-refractivity contribution in [2.24, 2.45) is 28.6 Å². The van der Waals surface area contributed by atoms with Gasteiger partial charge in [-0.05, 0) is 86.3 Å². The van der Waals surface area contributed by atoms with Crippen LogP contribution in [0.1, 0.15) is 83.7 Å². The molecule has 6 nitrogen and oxygen atoms in total. The molecule has 6 atom stereocenters.